The molecular formula is C17H23N5O. The van der Waals surface area contributed by atoms with Crippen molar-refractivity contribution < 1.29 is 4.79 Å². The molecule has 0 saturated heterocycles. The van der Waals surface area contributed by atoms with E-state index in [1.165, 1.54) is 0 Å². The number of aromatic nitrogens is 4. The fourth-order valence-corrected chi connectivity index (χ4v) is 3.07. The van der Waals surface area contributed by atoms with Crippen molar-refractivity contribution in [1.29, 1.82) is 0 Å². The lowest BCUT2D eigenvalue weighted by Gasteiger charge is -2.25. The summed E-state index contributed by atoms with van der Waals surface area (Å²) in [6, 6.07) is 0.116. The van der Waals surface area contributed by atoms with Crippen LogP contribution in [-0.4, -0.2) is 31.5 Å². The lowest BCUT2D eigenvalue weighted by atomic mass is 10.0. The van der Waals surface area contributed by atoms with Gasteiger partial charge in [0.1, 0.15) is 11.6 Å². The maximum atomic E-state index is 12.7. The third kappa shape index (κ3) is 3.25. The van der Waals surface area contributed by atoms with E-state index in [4.69, 9.17) is 0 Å². The molecule has 1 aliphatic heterocycles. The van der Waals surface area contributed by atoms with E-state index in [9.17, 15) is 4.79 Å². The highest BCUT2D eigenvalue weighted by molar-refractivity contribution is 5.95. The van der Waals surface area contributed by atoms with Gasteiger partial charge in [0.05, 0.1) is 17.0 Å². The fourth-order valence-electron chi connectivity index (χ4n) is 3.07. The first-order valence-corrected chi connectivity index (χ1v) is 8.11. The zero-order valence-electron chi connectivity index (χ0n) is 14.1. The average Bonchev–Trinajstić information content (AvgIpc) is 2.86. The Kier molecular flexibility index (Phi) is 4.15. The minimum atomic E-state index is -0.0843. The van der Waals surface area contributed by atoms with Crippen LogP contribution in [0.5, 0.6) is 0 Å². The van der Waals surface area contributed by atoms with Crippen LogP contribution in [0.25, 0.3) is 0 Å². The molecular weight excluding hydrogens is 290 g/mol. The summed E-state index contributed by atoms with van der Waals surface area (Å²) < 4.78 is 2.14. The summed E-state index contributed by atoms with van der Waals surface area (Å²) >= 11 is 0. The SMILES string of the molecule is Cc1cn2c(n1)CC[C@H](NC(=O)c1cnc(C)nc1C(C)C)C2. The van der Waals surface area contributed by atoms with Gasteiger partial charge in [-0.05, 0) is 26.2 Å². The Bertz CT molecular complexity index is 735. The summed E-state index contributed by atoms with van der Waals surface area (Å²) in [6.45, 7) is 8.69. The van der Waals surface area contributed by atoms with Crippen LogP contribution >= 0.6 is 0 Å². The van der Waals surface area contributed by atoms with Gasteiger partial charge in [-0.3, -0.25) is 4.79 Å². The Balaban J connectivity index is 1.75. The van der Waals surface area contributed by atoms with E-state index in [1.807, 2.05) is 33.9 Å². The smallest absolute Gasteiger partial charge is 0.254 e. The molecule has 1 amide bonds. The minimum absolute atomic E-state index is 0.0843. The summed E-state index contributed by atoms with van der Waals surface area (Å²) in [5.74, 6) is 1.90. The van der Waals surface area contributed by atoms with Crippen LogP contribution in [0.2, 0.25) is 0 Å². The van der Waals surface area contributed by atoms with Gasteiger partial charge in [-0.15, -0.1) is 0 Å². The van der Waals surface area contributed by atoms with Gasteiger partial charge in [0.25, 0.3) is 5.91 Å². The van der Waals surface area contributed by atoms with Crippen LogP contribution in [0, 0.1) is 13.8 Å². The van der Waals surface area contributed by atoms with Crippen molar-refractivity contribution in [1.82, 2.24) is 24.8 Å². The Hall–Kier alpha value is -2.24. The largest absolute Gasteiger partial charge is 0.347 e. The molecule has 1 N–H and O–H groups in total. The molecule has 2 aromatic heterocycles. The van der Waals surface area contributed by atoms with Crippen molar-refractivity contribution in [3.63, 3.8) is 0 Å². The van der Waals surface area contributed by atoms with Crippen LogP contribution in [0.3, 0.4) is 0 Å². The standard InChI is InChI=1S/C17H23N5O/c1-10(2)16-14(7-18-12(4)20-16)17(23)21-13-5-6-15-19-11(3)8-22(15)9-13/h7-8,10,13H,5-6,9H2,1-4H3,(H,21,23)/t13-/m0/s1. The Morgan fingerprint density at radius 1 is 1.35 bits per heavy atom. The number of nitrogens with one attached hydrogen (secondary N) is 1. The number of imidazole rings is 1. The van der Waals surface area contributed by atoms with Crippen molar-refractivity contribution in [2.45, 2.75) is 59.0 Å². The van der Waals surface area contributed by atoms with E-state index in [0.29, 0.717) is 11.4 Å². The first-order chi connectivity index (χ1) is 10.9. The van der Waals surface area contributed by atoms with Gasteiger partial charge < -0.3 is 9.88 Å². The Morgan fingerprint density at radius 3 is 2.87 bits per heavy atom. The minimum Gasteiger partial charge on any atom is -0.347 e. The number of fused-ring (bicyclic) bond motifs is 1. The van der Waals surface area contributed by atoms with Crippen LogP contribution in [0.15, 0.2) is 12.4 Å². The van der Waals surface area contributed by atoms with Gasteiger partial charge in [0, 0.05) is 31.4 Å². The maximum absolute atomic E-state index is 12.7. The maximum Gasteiger partial charge on any atom is 0.254 e. The van der Waals surface area contributed by atoms with Crippen molar-refractivity contribution in [2.75, 3.05) is 0 Å². The highest BCUT2D eigenvalue weighted by Crippen LogP contribution is 2.19. The number of aryl methyl sites for hydroxylation is 3. The summed E-state index contributed by atoms with van der Waals surface area (Å²) in [5, 5.41) is 3.13. The molecule has 1 atom stereocenters. The van der Waals surface area contributed by atoms with E-state index < -0.39 is 0 Å². The molecule has 0 aliphatic carbocycles. The predicted octanol–water partition coefficient (Wildman–Crippen LogP) is 2.16. The van der Waals surface area contributed by atoms with E-state index in [2.05, 4.69) is 24.8 Å². The second kappa shape index (κ2) is 6.10. The number of hydrogen-bond donors (Lipinski definition) is 1. The zero-order chi connectivity index (χ0) is 16.6. The highest BCUT2D eigenvalue weighted by Gasteiger charge is 2.23. The lowest BCUT2D eigenvalue weighted by Crippen LogP contribution is -2.41. The first-order valence-electron chi connectivity index (χ1n) is 8.11. The summed E-state index contributed by atoms with van der Waals surface area (Å²) in [5.41, 5.74) is 2.42. The first kappa shape index (κ1) is 15.6. The topological polar surface area (TPSA) is 72.7 Å². The van der Waals surface area contributed by atoms with Gasteiger partial charge in [0.2, 0.25) is 0 Å². The van der Waals surface area contributed by atoms with Gasteiger partial charge in [-0.2, -0.15) is 0 Å². The molecule has 3 rings (SSSR count). The molecule has 2 aromatic rings. The van der Waals surface area contributed by atoms with Gasteiger partial charge in [-0.1, -0.05) is 13.8 Å². The summed E-state index contributed by atoms with van der Waals surface area (Å²) in [4.78, 5) is 25.8. The van der Waals surface area contributed by atoms with E-state index >= 15 is 0 Å². The van der Waals surface area contributed by atoms with E-state index in [1.54, 1.807) is 6.20 Å². The third-order valence-electron chi connectivity index (χ3n) is 4.18. The molecule has 0 aromatic carbocycles. The average molecular weight is 313 g/mol. The van der Waals surface area contributed by atoms with Crippen molar-refractivity contribution >= 4 is 5.91 Å². The predicted molar refractivity (Wildman–Crippen MR) is 87.4 cm³/mol. The molecule has 1 aliphatic rings. The van der Waals surface area contributed by atoms with Crippen LogP contribution < -0.4 is 5.32 Å². The molecule has 0 spiro atoms. The van der Waals surface area contributed by atoms with Crippen molar-refractivity contribution in [2.24, 2.45) is 0 Å². The molecule has 0 bridgehead atoms. The molecule has 0 radical (unpaired) electrons. The quantitative estimate of drug-likeness (QED) is 0.942. The van der Waals surface area contributed by atoms with E-state index in [-0.39, 0.29) is 17.9 Å². The second-order valence-electron chi connectivity index (χ2n) is 6.53. The normalized spacial score (nSPS) is 17.2. The number of hydrogen-bond acceptors (Lipinski definition) is 4. The molecule has 6 heteroatoms. The van der Waals surface area contributed by atoms with Gasteiger partial charge in [-0.25, -0.2) is 15.0 Å². The van der Waals surface area contributed by atoms with Crippen LogP contribution in [0.4, 0.5) is 0 Å². The molecule has 122 valence electrons. The molecule has 0 saturated carbocycles. The fraction of sp³-hybridized carbons (Fsp3) is 0.529. The lowest BCUT2D eigenvalue weighted by molar-refractivity contribution is 0.0925. The Labute approximate surface area is 136 Å². The summed E-state index contributed by atoms with van der Waals surface area (Å²) in [7, 11) is 0. The summed E-state index contributed by atoms with van der Waals surface area (Å²) in [6.07, 6.45) is 5.48. The third-order valence-corrected chi connectivity index (χ3v) is 4.18. The number of carbonyl (C=O) groups is 1. The highest BCUT2D eigenvalue weighted by atomic mass is 16.1. The van der Waals surface area contributed by atoms with Gasteiger partial charge in [0.15, 0.2) is 0 Å². The molecule has 0 fully saturated rings. The van der Waals surface area contributed by atoms with Crippen molar-refractivity contribution in [3.8, 4) is 0 Å². The molecule has 6 nitrogen and oxygen atoms in total. The van der Waals surface area contributed by atoms with Crippen LogP contribution in [0.1, 0.15) is 59.6 Å². The Morgan fingerprint density at radius 2 is 2.13 bits per heavy atom. The van der Waals surface area contributed by atoms with Gasteiger partial charge >= 0.3 is 0 Å². The number of amides is 1. The number of rotatable bonds is 3. The second-order valence-corrected chi connectivity index (χ2v) is 6.53. The molecule has 3 heterocycles. The number of nitrogens with zero attached hydrogens (tertiary/aromatic N) is 4. The monoisotopic (exact) mass is 313 g/mol. The van der Waals surface area contributed by atoms with Crippen LogP contribution in [-0.2, 0) is 13.0 Å². The molecule has 0 unspecified atom stereocenters. The molecule has 23 heavy (non-hydrogen) atoms. The number of carbonyl (C=O) groups excluding carboxylic acids is 1. The zero-order valence-corrected chi connectivity index (χ0v) is 14.1. The van der Waals surface area contributed by atoms with Crippen molar-refractivity contribution in [3.05, 3.63) is 41.0 Å². The van der Waals surface area contributed by atoms with E-state index in [0.717, 1.165) is 36.6 Å².